The van der Waals surface area contributed by atoms with E-state index < -0.39 is 5.54 Å². The molecule has 1 unspecified atom stereocenters. The molecule has 0 aromatic heterocycles. The predicted molar refractivity (Wildman–Crippen MR) is 80.7 cm³/mol. The van der Waals surface area contributed by atoms with Crippen LogP contribution in [0.25, 0.3) is 0 Å². The van der Waals surface area contributed by atoms with Crippen molar-refractivity contribution in [2.45, 2.75) is 44.6 Å². The Balaban J connectivity index is 1.88. The number of hydrogen-bond acceptors (Lipinski definition) is 3. The van der Waals surface area contributed by atoms with Crippen LogP contribution < -0.4 is 11.1 Å². The molecule has 0 spiro atoms. The van der Waals surface area contributed by atoms with Gasteiger partial charge in [-0.3, -0.25) is 4.79 Å². The summed E-state index contributed by atoms with van der Waals surface area (Å²) in [6, 6.07) is 8.02. The number of hydrogen-bond donors (Lipinski definition) is 2. The Hall–Kier alpha value is -1.39. The number of aryl methyl sites for hydroxylation is 1. The number of ether oxygens (including phenoxy) is 1. The fourth-order valence-corrected chi connectivity index (χ4v) is 2.35. The second-order valence-electron chi connectivity index (χ2n) is 5.57. The molecule has 3 N–H and O–H groups in total. The first-order valence-electron chi connectivity index (χ1n) is 7.41. The summed E-state index contributed by atoms with van der Waals surface area (Å²) >= 11 is 0. The van der Waals surface area contributed by atoms with Gasteiger partial charge in [0.1, 0.15) is 5.54 Å². The van der Waals surface area contributed by atoms with Crippen molar-refractivity contribution in [3.8, 4) is 0 Å². The minimum atomic E-state index is -0.875. The number of nitrogens with two attached hydrogens (primary N) is 1. The number of anilines is 1. The van der Waals surface area contributed by atoms with Crippen molar-refractivity contribution < 1.29 is 9.53 Å². The number of amides is 1. The van der Waals surface area contributed by atoms with Crippen LogP contribution in [0.3, 0.4) is 0 Å². The lowest BCUT2D eigenvalue weighted by atomic mass is 9.99. The molecule has 1 heterocycles. The Kier molecular flexibility index (Phi) is 5.15. The molecule has 0 bridgehead atoms. The Labute approximate surface area is 120 Å². The highest BCUT2D eigenvalue weighted by molar-refractivity contribution is 5.98. The molecule has 1 atom stereocenters. The third-order valence-corrected chi connectivity index (χ3v) is 3.79. The first-order valence-corrected chi connectivity index (χ1v) is 7.41. The van der Waals surface area contributed by atoms with Crippen LogP contribution in [0.15, 0.2) is 24.3 Å². The van der Waals surface area contributed by atoms with E-state index in [1.807, 2.05) is 12.1 Å². The zero-order valence-electron chi connectivity index (χ0n) is 12.2. The van der Waals surface area contributed by atoms with E-state index in [-0.39, 0.29) is 5.91 Å². The van der Waals surface area contributed by atoms with Crippen molar-refractivity contribution in [2.24, 2.45) is 5.73 Å². The molecule has 4 nitrogen and oxygen atoms in total. The number of carbonyl (C=O) groups is 1. The van der Waals surface area contributed by atoms with Crippen molar-refractivity contribution in [3.63, 3.8) is 0 Å². The van der Waals surface area contributed by atoms with E-state index in [2.05, 4.69) is 24.4 Å². The van der Waals surface area contributed by atoms with Crippen LogP contribution in [0.2, 0.25) is 0 Å². The highest BCUT2D eigenvalue weighted by atomic mass is 16.5. The number of rotatable bonds is 6. The monoisotopic (exact) mass is 276 g/mol. The van der Waals surface area contributed by atoms with Gasteiger partial charge in [0.05, 0.1) is 6.61 Å². The fourth-order valence-electron chi connectivity index (χ4n) is 2.35. The van der Waals surface area contributed by atoms with Gasteiger partial charge in [-0.1, -0.05) is 31.9 Å². The quantitative estimate of drug-likeness (QED) is 0.785. The molecule has 1 aliphatic heterocycles. The normalized spacial score (nSPS) is 21.9. The maximum Gasteiger partial charge on any atom is 0.246 e. The zero-order valence-corrected chi connectivity index (χ0v) is 12.2. The van der Waals surface area contributed by atoms with Gasteiger partial charge in [0, 0.05) is 12.3 Å². The fraction of sp³-hybridized carbons (Fsp3) is 0.562. The highest BCUT2D eigenvalue weighted by Gasteiger charge is 2.38. The van der Waals surface area contributed by atoms with Gasteiger partial charge in [-0.2, -0.15) is 0 Å². The van der Waals surface area contributed by atoms with Gasteiger partial charge in [-0.05, 0) is 37.0 Å². The Morgan fingerprint density at radius 3 is 2.70 bits per heavy atom. The topological polar surface area (TPSA) is 64.4 Å². The molecule has 0 radical (unpaired) electrons. The smallest absolute Gasteiger partial charge is 0.246 e. The summed E-state index contributed by atoms with van der Waals surface area (Å²) in [5, 5.41) is 2.87. The summed E-state index contributed by atoms with van der Waals surface area (Å²) in [7, 11) is 0. The summed E-state index contributed by atoms with van der Waals surface area (Å²) in [5.41, 5.74) is 7.25. The van der Waals surface area contributed by atoms with Gasteiger partial charge >= 0.3 is 0 Å². The van der Waals surface area contributed by atoms with Crippen LogP contribution in [-0.2, 0) is 16.0 Å². The Morgan fingerprint density at radius 2 is 2.10 bits per heavy atom. The summed E-state index contributed by atoms with van der Waals surface area (Å²) < 4.78 is 5.21. The highest BCUT2D eigenvalue weighted by Crippen LogP contribution is 2.19. The number of benzene rings is 1. The molecule has 0 saturated carbocycles. The summed E-state index contributed by atoms with van der Waals surface area (Å²) in [6.45, 7) is 3.06. The van der Waals surface area contributed by atoms with E-state index >= 15 is 0 Å². The maximum absolute atomic E-state index is 12.1. The van der Waals surface area contributed by atoms with Crippen molar-refractivity contribution >= 4 is 11.6 Å². The second kappa shape index (κ2) is 6.86. The molecular formula is C16H24N2O2. The first-order chi connectivity index (χ1) is 9.64. The molecule has 110 valence electrons. The van der Waals surface area contributed by atoms with Crippen LogP contribution in [0.1, 0.15) is 38.2 Å². The maximum atomic E-state index is 12.1. The van der Waals surface area contributed by atoms with Crippen molar-refractivity contribution in [2.75, 3.05) is 18.5 Å². The summed E-state index contributed by atoms with van der Waals surface area (Å²) in [4.78, 5) is 12.1. The van der Waals surface area contributed by atoms with Gasteiger partial charge in [0.15, 0.2) is 0 Å². The van der Waals surface area contributed by atoms with Gasteiger partial charge in [0.25, 0.3) is 0 Å². The van der Waals surface area contributed by atoms with E-state index in [0.29, 0.717) is 19.6 Å². The molecule has 1 saturated heterocycles. The SMILES string of the molecule is CCCCCc1ccc(NC(=O)C2(N)CCOC2)cc1. The zero-order chi connectivity index (χ0) is 14.4. The van der Waals surface area contributed by atoms with Crippen molar-refractivity contribution in [1.29, 1.82) is 0 Å². The Morgan fingerprint density at radius 1 is 1.35 bits per heavy atom. The minimum Gasteiger partial charge on any atom is -0.379 e. The molecule has 1 fully saturated rings. The lowest BCUT2D eigenvalue weighted by molar-refractivity contribution is -0.121. The lowest BCUT2D eigenvalue weighted by Gasteiger charge is -2.20. The molecule has 2 rings (SSSR count). The van der Waals surface area contributed by atoms with E-state index in [1.54, 1.807) is 0 Å². The standard InChI is InChI=1S/C16H24N2O2/c1-2-3-4-5-13-6-8-14(9-7-13)18-15(19)16(17)10-11-20-12-16/h6-9H,2-5,10-12,17H2,1H3,(H,18,19). The van der Waals surface area contributed by atoms with Gasteiger partial charge in [-0.15, -0.1) is 0 Å². The average molecular weight is 276 g/mol. The molecule has 4 heteroatoms. The molecule has 1 aromatic carbocycles. The predicted octanol–water partition coefficient (Wildman–Crippen LogP) is 2.48. The minimum absolute atomic E-state index is 0.159. The van der Waals surface area contributed by atoms with Crippen LogP contribution in [0.4, 0.5) is 5.69 Å². The van der Waals surface area contributed by atoms with Gasteiger partial charge < -0.3 is 15.8 Å². The molecule has 20 heavy (non-hydrogen) atoms. The summed E-state index contributed by atoms with van der Waals surface area (Å²) in [5.74, 6) is -0.159. The van der Waals surface area contributed by atoms with Crippen molar-refractivity contribution in [3.05, 3.63) is 29.8 Å². The third-order valence-electron chi connectivity index (χ3n) is 3.79. The Bertz CT molecular complexity index is 436. The van der Waals surface area contributed by atoms with E-state index in [1.165, 1.54) is 24.8 Å². The van der Waals surface area contributed by atoms with Gasteiger partial charge in [0.2, 0.25) is 5.91 Å². The van der Waals surface area contributed by atoms with Crippen LogP contribution in [-0.4, -0.2) is 24.7 Å². The molecule has 1 amide bonds. The number of unbranched alkanes of at least 4 members (excludes halogenated alkanes) is 2. The number of carbonyl (C=O) groups excluding carboxylic acids is 1. The first kappa shape index (κ1) is 15.0. The van der Waals surface area contributed by atoms with Crippen LogP contribution in [0.5, 0.6) is 0 Å². The van der Waals surface area contributed by atoms with E-state index in [4.69, 9.17) is 10.5 Å². The largest absolute Gasteiger partial charge is 0.379 e. The van der Waals surface area contributed by atoms with Crippen LogP contribution >= 0.6 is 0 Å². The molecule has 1 aliphatic rings. The molecular weight excluding hydrogens is 252 g/mol. The molecule has 0 aliphatic carbocycles. The third kappa shape index (κ3) is 3.81. The second-order valence-corrected chi connectivity index (χ2v) is 5.57. The van der Waals surface area contributed by atoms with Crippen LogP contribution in [0, 0.1) is 0 Å². The van der Waals surface area contributed by atoms with E-state index in [0.717, 1.165) is 12.1 Å². The molecule has 1 aromatic rings. The average Bonchev–Trinajstić information content (AvgIpc) is 2.89. The van der Waals surface area contributed by atoms with Gasteiger partial charge in [-0.25, -0.2) is 0 Å². The summed E-state index contributed by atoms with van der Waals surface area (Å²) in [6.07, 6.45) is 5.37. The van der Waals surface area contributed by atoms with Crippen molar-refractivity contribution in [1.82, 2.24) is 0 Å². The van der Waals surface area contributed by atoms with E-state index in [9.17, 15) is 4.79 Å². The number of nitrogens with one attached hydrogen (secondary N) is 1. The lowest BCUT2D eigenvalue weighted by Crippen LogP contribution is -2.51.